The van der Waals surface area contributed by atoms with Gasteiger partial charge in [0.25, 0.3) is 0 Å². The quantitative estimate of drug-likeness (QED) is 0.537. The summed E-state index contributed by atoms with van der Waals surface area (Å²) in [5.41, 5.74) is 0.255. The standard InChI is InChI=1S/C23H34F2O3/c1-3-5-19-12-8-17(14-27-19)16-6-10-20(11-7-16)28-15-18-9-13-21(26-4-2)23(25)22(18)24/h9,13,16-17,19-20H,3-8,10-12,14-15H2,1-2H3. The number of rotatable bonds is 8. The lowest BCUT2D eigenvalue weighted by molar-refractivity contribution is -0.0537. The minimum atomic E-state index is -0.926. The Balaban J connectivity index is 1.42. The highest BCUT2D eigenvalue weighted by Crippen LogP contribution is 2.37. The average molecular weight is 397 g/mol. The lowest BCUT2D eigenvalue weighted by Gasteiger charge is -2.37. The van der Waals surface area contributed by atoms with Crippen molar-refractivity contribution in [3.63, 3.8) is 0 Å². The first-order chi connectivity index (χ1) is 13.6. The molecule has 5 heteroatoms. The first-order valence-corrected chi connectivity index (χ1v) is 10.9. The van der Waals surface area contributed by atoms with E-state index in [1.165, 1.54) is 31.7 Å². The van der Waals surface area contributed by atoms with Crippen LogP contribution in [0, 0.1) is 23.5 Å². The molecule has 1 aromatic carbocycles. The molecule has 28 heavy (non-hydrogen) atoms. The van der Waals surface area contributed by atoms with Crippen molar-refractivity contribution in [2.75, 3.05) is 13.2 Å². The van der Waals surface area contributed by atoms with E-state index in [2.05, 4.69) is 6.92 Å². The summed E-state index contributed by atoms with van der Waals surface area (Å²) in [4.78, 5) is 0. The minimum absolute atomic E-state index is 0.0415. The van der Waals surface area contributed by atoms with Crippen LogP contribution in [0.4, 0.5) is 8.78 Å². The lowest BCUT2D eigenvalue weighted by Crippen LogP contribution is -2.33. The lowest BCUT2D eigenvalue weighted by atomic mass is 9.76. The normalized spacial score (nSPS) is 28.3. The zero-order chi connectivity index (χ0) is 19.9. The van der Waals surface area contributed by atoms with Crippen molar-refractivity contribution in [3.05, 3.63) is 29.3 Å². The molecule has 0 spiro atoms. The second-order valence-electron chi connectivity index (χ2n) is 8.21. The molecule has 1 saturated heterocycles. The molecule has 0 bridgehead atoms. The highest BCUT2D eigenvalue weighted by Gasteiger charge is 2.31. The third-order valence-corrected chi connectivity index (χ3v) is 6.30. The van der Waals surface area contributed by atoms with Crippen molar-refractivity contribution >= 4 is 0 Å². The molecule has 0 amide bonds. The van der Waals surface area contributed by atoms with Gasteiger partial charge in [-0.15, -0.1) is 0 Å². The fraction of sp³-hybridized carbons (Fsp3) is 0.739. The summed E-state index contributed by atoms with van der Waals surface area (Å²) in [5, 5.41) is 0. The van der Waals surface area contributed by atoms with Gasteiger partial charge < -0.3 is 14.2 Å². The third-order valence-electron chi connectivity index (χ3n) is 6.30. The fourth-order valence-corrected chi connectivity index (χ4v) is 4.63. The maximum absolute atomic E-state index is 14.2. The molecule has 158 valence electrons. The molecule has 3 nitrogen and oxygen atoms in total. The Morgan fingerprint density at radius 2 is 1.71 bits per heavy atom. The Morgan fingerprint density at radius 1 is 0.964 bits per heavy atom. The van der Waals surface area contributed by atoms with Gasteiger partial charge in [-0.3, -0.25) is 0 Å². The third kappa shape index (κ3) is 5.44. The number of ether oxygens (including phenoxy) is 3. The van der Waals surface area contributed by atoms with Crippen LogP contribution in [0.1, 0.15) is 70.8 Å². The Labute approximate surface area is 167 Å². The Bertz CT molecular complexity index is 606. The van der Waals surface area contributed by atoms with Crippen LogP contribution in [0.15, 0.2) is 12.1 Å². The second-order valence-corrected chi connectivity index (χ2v) is 8.21. The Hall–Kier alpha value is -1.20. The van der Waals surface area contributed by atoms with Crippen molar-refractivity contribution in [1.82, 2.24) is 0 Å². The van der Waals surface area contributed by atoms with Gasteiger partial charge in [0.15, 0.2) is 11.6 Å². The highest BCUT2D eigenvalue weighted by molar-refractivity contribution is 5.30. The molecule has 0 aromatic heterocycles. The van der Waals surface area contributed by atoms with Crippen LogP contribution in [0.3, 0.4) is 0 Å². The van der Waals surface area contributed by atoms with Crippen LogP contribution in [-0.2, 0) is 16.1 Å². The van der Waals surface area contributed by atoms with Crippen LogP contribution in [0.25, 0.3) is 0 Å². The topological polar surface area (TPSA) is 27.7 Å². The summed E-state index contributed by atoms with van der Waals surface area (Å²) in [6.07, 6.45) is 9.67. The predicted octanol–water partition coefficient (Wildman–Crippen LogP) is 6.03. The first-order valence-electron chi connectivity index (χ1n) is 10.9. The Morgan fingerprint density at radius 3 is 2.36 bits per heavy atom. The number of benzene rings is 1. The minimum Gasteiger partial charge on any atom is -0.491 e. The molecule has 1 heterocycles. The molecular weight excluding hydrogens is 362 g/mol. The van der Waals surface area contributed by atoms with E-state index in [1.807, 2.05) is 0 Å². The van der Waals surface area contributed by atoms with Crippen LogP contribution in [0.2, 0.25) is 0 Å². The van der Waals surface area contributed by atoms with E-state index < -0.39 is 11.6 Å². The van der Waals surface area contributed by atoms with Gasteiger partial charge in [0, 0.05) is 5.56 Å². The molecule has 2 unspecified atom stereocenters. The van der Waals surface area contributed by atoms with Gasteiger partial charge in [-0.05, 0) is 75.8 Å². The van der Waals surface area contributed by atoms with Gasteiger partial charge in [-0.2, -0.15) is 4.39 Å². The van der Waals surface area contributed by atoms with E-state index in [-0.39, 0.29) is 24.0 Å². The summed E-state index contributed by atoms with van der Waals surface area (Å²) < 4.78 is 45.2. The first kappa shape index (κ1) is 21.5. The van der Waals surface area contributed by atoms with E-state index >= 15 is 0 Å². The molecule has 1 aliphatic heterocycles. The highest BCUT2D eigenvalue weighted by atomic mass is 19.2. The molecule has 2 atom stereocenters. The van der Waals surface area contributed by atoms with E-state index in [4.69, 9.17) is 14.2 Å². The summed E-state index contributed by atoms with van der Waals surface area (Å²) in [6, 6.07) is 3.04. The van der Waals surface area contributed by atoms with Gasteiger partial charge in [0.1, 0.15) is 0 Å². The maximum atomic E-state index is 14.2. The van der Waals surface area contributed by atoms with Crippen LogP contribution < -0.4 is 4.74 Å². The summed E-state index contributed by atoms with van der Waals surface area (Å²) in [5.74, 6) is -0.445. The summed E-state index contributed by atoms with van der Waals surface area (Å²) >= 11 is 0. The van der Waals surface area contributed by atoms with E-state index in [0.717, 1.165) is 32.3 Å². The number of hydrogen-bond donors (Lipinski definition) is 0. The molecular formula is C23H34F2O3. The molecule has 2 fully saturated rings. The van der Waals surface area contributed by atoms with Crippen molar-refractivity contribution < 1.29 is 23.0 Å². The monoisotopic (exact) mass is 396 g/mol. The zero-order valence-corrected chi connectivity index (χ0v) is 17.2. The van der Waals surface area contributed by atoms with Crippen molar-refractivity contribution in [2.45, 2.75) is 84.0 Å². The van der Waals surface area contributed by atoms with Gasteiger partial charge in [0.05, 0.1) is 32.0 Å². The number of hydrogen-bond acceptors (Lipinski definition) is 3. The van der Waals surface area contributed by atoms with Crippen LogP contribution >= 0.6 is 0 Å². The molecule has 0 radical (unpaired) electrons. The second kappa shape index (κ2) is 10.5. The SMILES string of the molecule is CCCC1CCC(C2CCC(OCc3ccc(OCC)c(F)c3F)CC2)CO1. The van der Waals surface area contributed by atoms with Crippen molar-refractivity contribution in [1.29, 1.82) is 0 Å². The van der Waals surface area contributed by atoms with Gasteiger partial charge in [-0.1, -0.05) is 13.3 Å². The summed E-state index contributed by atoms with van der Waals surface area (Å²) in [6.45, 7) is 5.27. The van der Waals surface area contributed by atoms with Gasteiger partial charge in [-0.25, -0.2) is 4.39 Å². The van der Waals surface area contributed by atoms with Crippen molar-refractivity contribution in [2.24, 2.45) is 11.8 Å². The zero-order valence-electron chi connectivity index (χ0n) is 17.2. The number of halogens is 2. The van der Waals surface area contributed by atoms with E-state index in [1.54, 1.807) is 13.0 Å². The largest absolute Gasteiger partial charge is 0.491 e. The maximum Gasteiger partial charge on any atom is 0.200 e. The predicted molar refractivity (Wildman–Crippen MR) is 105 cm³/mol. The average Bonchev–Trinajstić information content (AvgIpc) is 2.72. The molecule has 0 N–H and O–H groups in total. The van der Waals surface area contributed by atoms with Crippen molar-refractivity contribution in [3.8, 4) is 5.75 Å². The fourth-order valence-electron chi connectivity index (χ4n) is 4.63. The van der Waals surface area contributed by atoms with Crippen LogP contribution in [-0.4, -0.2) is 25.4 Å². The molecule has 1 saturated carbocycles. The molecule has 2 aliphatic rings. The summed E-state index contributed by atoms with van der Waals surface area (Å²) in [7, 11) is 0. The van der Waals surface area contributed by atoms with Crippen LogP contribution in [0.5, 0.6) is 5.75 Å². The van der Waals surface area contributed by atoms with E-state index in [9.17, 15) is 8.78 Å². The Kier molecular flexibility index (Phi) is 8.10. The molecule has 1 aliphatic carbocycles. The smallest absolute Gasteiger partial charge is 0.200 e. The van der Waals surface area contributed by atoms with E-state index in [0.29, 0.717) is 24.5 Å². The molecule has 3 rings (SSSR count). The van der Waals surface area contributed by atoms with Gasteiger partial charge >= 0.3 is 0 Å². The van der Waals surface area contributed by atoms with Gasteiger partial charge in [0.2, 0.25) is 5.82 Å². The molecule has 1 aromatic rings.